The molecule has 1 aliphatic rings. The number of rotatable bonds is 8. The predicted molar refractivity (Wildman–Crippen MR) is 104 cm³/mol. The number of methoxy groups -OCH3 is 1. The number of amides is 1. The van der Waals surface area contributed by atoms with Crippen LogP contribution in [0, 0.1) is 25.2 Å². The number of aryl methyl sites for hydroxylation is 1. The third-order valence-electron chi connectivity index (χ3n) is 4.85. The lowest BCUT2D eigenvalue weighted by Crippen LogP contribution is -2.41. The standard InChI is InChI=1S/C20H30N4O3/c1-15-11-18(17(3)24(15)16(2)14-26-4)12-19(13-21)20(25)22-5-6-23-7-9-27-10-8-23/h11-12,16H,5-10,14H2,1-4H3,(H,22,25)/b19-12+. The highest BCUT2D eigenvalue weighted by Crippen LogP contribution is 2.22. The van der Waals surface area contributed by atoms with Gasteiger partial charge in [0.25, 0.3) is 5.91 Å². The summed E-state index contributed by atoms with van der Waals surface area (Å²) in [4.78, 5) is 14.6. The van der Waals surface area contributed by atoms with E-state index in [1.807, 2.05) is 26.0 Å². The fourth-order valence-electron chi connectivity index (χ4n) is 3.49. The monoisotopic (exact) mass is 374 g/mol. The van der Waals surface area contributed by atoms with Crippen molar-refractivity contribution in [3.05, 3.63) is 28.6 Å². The van der Waals surface area contributed by atoms with Gasteiger partial charge < -0.3 is 19.4 Å². The summed E-state index contributed by atoms with van der Waals surface area (Å²) in [6, 6.07) is 4.22. The third kappa shape index (κ3) is 5.67. The molecule has 1 aromatic heterocycles. The fourth-order valence-corrected chi connectivity index (χ4v) is 3.49. The number of carbonyl (C=O) groups excluding carboxylic acids is 1. The average molecular weight is 374 g/mol. The van der Waals surface area contributed by atoms with Crippen LogP contribution in [0.1, 0.15) is 29.9 Å². The second-order valence-corrected chi connectivity index (χ2v) is 6.88. The van der Waals surface area contributed by atoms with Gasteiger partial charge in [0.05, 0.1) is 25.9 Å². The number of hydrogen-bond acceptors (Lipinski definition) is 5. The summed E-state index contributed by atoms with van der Waals surface area (Å²) in [7, 11) is 1.68. The fraction of sp³-hybridized carbons (Fsp3) is 0.600. The highest BCUT2D eigenvalue weighted by atomic mass is 16.5. The molecule has 1 fully saturated rings. The Morgan fingerprint density at radius 2 is 2.15 bits per heavy atom. The van der Waals surface area contributed by atoms with Gasteiger partial charge in [-0.1, -0.05) is 0 Å². The maximum absolute atomic E-state index is 12.4. The van der Waals surface area contributed by atoms with Crippen LogP contribution in [-0.4, -0.2) is 68.5 Å². The van der Waals surface area contributed by atoms with Crippen molar-refractivity contribution in [1.82, 2.24) is 14.8 Å². The summed E-state index contributed by atoms with van der Waals surface area (Å²) in [6.07, 6.45) is 1.67. The van der Waals surface area contributed by atoms with E-state index in [4.69, 9.17) is 9.47 Å². The zero-order valence-electron chi connectivity index (χ0n) is 16.7. The van der Waals surface area contributed by atoms with E-state index in [0.29, 0.717) is 13.2 Å². The van der Waals surface area contributed by atoms with Crippen molar-refractivity contribution >= 4 is 12.0 Å². The van der Waals surface area contributed by atoms with Gasteiger partial charge in [0.2, 0.25) is 0 Å². The van der Waals surface area contributed by atoms with E-state index in [-0.39, 0.29) is 17.5 Å². The van der Waals surface area contributed by atoms with Gasteiger partial charge in [0.15, 0.2) is 0 Å². The third-order valence-corrected chi connectivity index (χ3v) is 4.85. The topological polar surface area (TPSA) is 79.5 Å². The van der Waals surface area contributed by atoms with Crippen molar-refractivity contribution in [1.29, 1.82) is 5.26 Å². The van der Waals surface area contributed by atoms with Gasteiger partial charge in [-0.15, -0.1) is 0 Å². The number of hydrogen-bond donors (Lipinski definition) is 1. The number of nitrogens with one attached hydrogen (secondary N) is 1. The van der Waals surface area contributed by atoms with E-state index in [9.17, 15) is 10.1 Å². The van der Waals surface area contributed by atoms with E-state index in [1.54, 1.807) is 13.2 Å². The molecule has 0 spiro atoms. The van der Waals surface area contributed by atoms with Crippen LogP contribution in [0.5, 0.6) is 0 Å². The normalized spacial score (nSPS) is 16.8. The number of aromatic nitrogens is 1. The molecule has 1 amide bonds. The molecule has 1 N–H and O–H groups in total. The van der Waals surface area contributed by atoms with Crippen LogP contribution in [-0.2, 0) is 14.3 Å². The Balaban J connectivity index is 2.03. The van der Waals surface area contributed by atoms with E-state index < -0.39 is 0 Å². The van der Waals surface area contributed by atoms with E-state index in [1.165, 1.54) is 0 Å². The second-order valence-electron chi connectivity index (χ2n) is 6.88. The summed E-state index contributed by atoms with van der Waals surface area (Å²) >= 11 is 0. The van der Waals surface area contributed by atoms with Crippen molar-refractivity contribution in [3.63, 3.8) is 0 Å². The minimum absolute atomic E-state index is 0.122. The Hall–Kier alpha value is -2.14. The molecule has 7 heteroatoms. The molecular weight excluding hydrogens is 344 g/mol. The van der Waals surface area contributed by atoms with Crippen LogP contribution in [0.3, 0.4) is 0 Å². The zero-order valence-corrected chi connectivity index (χ0v) is 16.7. The average Bonchev–Trinajstić information content (AvgIpc) is 2.94. The van der Waals surface area contributed by atoms with Crippen LogP contribution < -0.4 is 5.32 Å². The first-order valence-corrected chi connectivity index (χ1v) is 9.35. The van der Waals surface area contributed by atoms with Gasteiger partial charge >= 0.3 is 0 Å². The molecule has 0 radical (unpaired) electrons. The van der Waals surface area contributed by atoms with Crippen LogP contribution in [0.2, 0.25) is 0 Å². The van der Waals surface area contributed by atoms with Crippen molar-refractivity contribution in [2.75, 3.05) is 53.1 Å². The molecule has 0 saturated carbocycles. The molecule has 1 unspecified atom stereocenters. The number of carbonyl (C=O) groups is 1. The molecule has 2 heterocycles. The van der Waals surface area contributed by atoms with Crippen molar-refractivity contribution in [3.8, 4) is 6.07 Å². The molecule has 0 aliphatic carbocycles. The molecule has 1 saturated heterocycles. The van der Waals surface area contributed by atoms with Gasteiger partial charge in [0, 0.05) is 44.7 Å². The molecule has 1 atom stereocenters. The number of nitriles is 1. The number of ether oxygens (including phenoxy) is 2. The molecule has 0 bridgehead atoms. The molecule has 1 aliphatic heterocycles. The van der Waals surface area contributed by atoms with Crippen LogP contribution in [0.15, 0.2) is 11.6 Å². The first-order valence-electron chi connectivity index (χ1n) is 9.35. The minimum Gasteiger partial charge on any atom is -0.383 e. The minimum atomic E-state index is -0.333. The maximum Gasteiger partial charge on any atom is 0.261 e. The van der Waals surface area contributed by atoms with E-state index >= 15 is 0 Å². The number of nitrogens with zero attached hydrogens (tertiary/aromatic N) is 3. The Morgan fingerprint density at radius 1 is 1.44 bits per heavy atom. The van der Waals surface area contributed by atoms with Gasteiger partial charge in [-0.05, 0) is 38.5 Å². The first-order chi connectivity index (χ1) is 13.0. The molecule has 0 aromatic carbocycles. The van der Waals surface area contributed by atoms with Crippen LogP contribution in [0.4, 0.5) is 0 Å². The van der Waals surface area contributed by atoms with Gasteiger partial charge in [0.1, 0.15) is 11.6 Å². The van der Waals surface area contributed by atoms with Crippen molar-refractivity contribution in [2.45, 2.75) is 26.8 Å². The van der Waals surface area contributed by atoms with Crippen molar-refractivity contribution < 1.29 is 14.3 Å². The lowest BCUT2D eigenvalue weighted by atomic mass is 10.1. The van der Waals surface area contributed by atoms with Gasteiger partial charge in [-0.25, -0.2) is 0 Å². The lowest BCUT2D eigenvalue weighted by Gasteiger charge is -2.26. The van der Waals surface area contributed by atoms with Gasteiger partial charge in [-0.2, -0.15) is 5.26 Å². The highest BCUT2D eigenvalue weighted by molar-refractivity contribution is 6.01. The quantitative estimate of drug-likeness (QED) is 0.553. The summed E-state index contributed by atoms with van der Waals surface area (Å²) in [5.74, 6) is -0.333. The Bertz CT molecular complexity index is 712. The molecule has 2 rings (SSSR count). The highest BCUT2D eigenvalue weighted by Gasteiger charge is 2.16. The second kappa shape index (κ2) is 10.3. The van der Waals surface area contributed by atoms with E-state index in [0.717, 1.165) is 49.8 Å². The molecule has 7 nitrogen and oxygen atoms in total. The van der Waals surface area contributed by atoms with Crippen LogP contribution >= 0.6 is 0 Å². The van der Waals surface area contributed by atoms with Crippen LogP contribution in [0.25, 0.3) is 6.08 Å². The summed E-state index contributed by atoms with van der Waals surface area (Å²) < 4.78 is 12.7. The SMILES string of the molecule is COCC(C)n1c(C)cc(/C=C(\C#N)C(=O)NCCN2CCOCC2)c1C. The lowest BCUT2D eigenvalue weighted by molar-refractivity contribution is -0.117. The largest absolute Gasteiger partial charge is 0.383 e. The first kappa shape index (κ1) is 21.2. The Kier molecular flexibility index (Phi) is 8.04. The molecule has 27 heavy (non-hydrogen) atoms. The summed E-state index contributed by atoms with van der Waals surface area (Å²) in [5, 5.41) is 12.3. The zero-order chi connectivity index (χ0) is 19.8. The molecule has 148 valence electrons. The van der Waals surface area contributed by atoms with Crippen molar-refractivity contribution in [2.24, 2.45) is 0 Å². The molecule has 1 aromatic rings. The predicted octanol–water partition coefficient (Wildman–Crippen LogP) is 1.67. The maximum atomic E-state index is 12.4. The molecular formula is C20H30N4O3. The van der Waals surface area contributed by atoms with E-state index in [2.05, 4.69) is 21.7 Å². The summed E-state index contributed by atoms with van der Waals surface area (Å²) in [5.41, 5.74) is 3.10. The smallest absolute Gasteiger partial charge is 0.261 e. The summed E-state index contributed by atoms with van der Waals surface area (Å²) in [6.45, 7) is 11.2. The van der Waals surface area contributed by atoms with Gasteiger partial charge in [-0.3, -0.25) is 9.69 Å². The Labute approximate surface area is 161 Å². The number of morpholine rings is 1. The Morgan fingerprint density at radius 3 is 2.78 bits per heavy atom.